The van der Waals surface area contributed by atoms with Crippen molar-refractivity contribution >= 4 is 11.6 Å². The minimum atomic E-state index is -1.08. The van der Waals surface area contributed by atoms with E-state index in [0.29, 0.717) is 29.9 Å². The molecule has 1 spiro atoms. The molecule has 29 heavy (non-hydrogen) atoms. The zero-order valence-corrected chi connectivity index (χ0v) is 16.2. The SMILES string of the molecule is CC1(C)CC(c2cc(F)c3c(c2)[C@]2(COC(N)=N2)c2cc(O)ccc2O3)=CCO1. The first-order valence-electron chi connectivity index (χ1n) is 9.44. The van der Waals surface area contributed by atoms with Crippen LogP contribution in [-0.4, -0.2) is 29.9 Å². The summed E-state index contributed by atoms with van der Waals surface area (Å²) in [5.74, 6) is 0.0826. The van der Waals surface area contributed by atoms with E-state index in [-0.39, 0.29) is 29.7 Å². The Morgan fingerprint density at radius 2 is 2.00 bits per heavy atom. The molecule has 0 radical (unpaired) electrons. The molecule has 3 aliphatic rings. The lowest BCUT2D eigenvalue weighted by atomic mass is 9.79. The van der Waals surface area contributed by atoms with Crippen LogP contribution in [0, 0.1) is 5.82 Å². The second-order valence-electron chi connectivity index (χ2n) is 8.19. The third kappa shape index (κ3) is 2.76. The van der Waals surface area contributed by atoms with Gasteiger partial charge in [-0.1, -0.05) is 6.08 Å². The number of hydrogen-bond donors (Lipinski definition) is 2. The standard InChI is InChI=1S/C22H21FN2O4/c1-21(2)10-12(5-6-28-21)13-7-16-19(17(23)8-13)29-18-4-3-14(26)9-15(18)22(16)11-27-20(24)25-22/h3-5,7-9,26H,6,10-11H2,1-2H3,(H2,24,25)/t22-/m0/s1. The van der Waals surface area contributed by atoms with Gasteiger partial charge in [0.15, 0.2) is 17.1 Å². The number of aromatic hydroxyl groups is 1. The van der Waals surface area contributed by atoms with Gasteiger partial charge in [0.05, 0.1) is 12.2 Å². The number of phenolic OH excluding ortho intramolecular Hbond substituents is 1. The van der Waals surface area contributed by atoms with Crippen LogP contribution in [0.25, 0.3) is 5.57 Å². The number of nitrogens with two attached hydrogens (primary N) is 1. The number of rotatable bonds is 1. The van der Waals surface area contributed by atoms with E-state index in [2.05, 4.69) is 4.99 Å². The molecule has 1 atom stereocenters. The molecular weight excluding hydrogens is 375 g/mol. The van der Waals surface area contributed by atoms with Crippen molar-refractivity contribution in [3.05, 3.63) is 58.9 Å². The van der Waals surface area contributed by atoms with E-state index in [0.717, 1.165) is 11.1 Å². The van der Waals surface area contributed by atoms with Crippen LogP contribution in [0.2, 0.25) is 0 Å². The summed E-state index contributed by atoms with van der Waals surface area (Å²) in [5.41, 5.74) is 7.29. The van der Waals surface area contributed by atoms with Crippen LogP contribution in [-0.2, 0) is 15.0 Å². The van der Waals surface area contributed by atoms with Crippen molar-refractivity contribution in [2.24, 2.45) is 10.7 Å². The molecule has 3 N–H and O–H groups in total. The second kappa shape index (κ2) is 5.97. The maximum absolute atomic E-state index is 15.2. The van der Waals surface area contributed by atoms with Gasteiger partial charge in [-0.05, 0) is 55.3 Å². The zero-order valence-electron chi connectivity index (χ0n) is 16.2. The molecule has 0 fully saturated rings. The molecular formula is C22H21FN2O4. The second-order valence-corrected chi connectivity index (χ2v) is 8.19. The van der Waals surface area contributed by atoms with Gasteiger partial charge in [-0.3, -0.25) is 0 Å². The Bertz CT molecular complexity index is 1090. The lowest BCUT2D eigenvalue weighted by molar-refractivity contribution is -0.00299. The summed E-state index contributed by atoms with van der Waals surface area (Å²) >= 11 is 0. The van der Waals surface area contributed by atoms with Gasteiger partial charge in [0.1, 0.15) is 18.1 Å². The fraction of sp³-hybridized carbons (Fsp3) is 0.318. The quantitative estimate of drug-likeness (QED) is 0.766. The first-order chi connectivity index (χ1) is 13.8. The van der Waals surface area contributed by atoms with Gasteiger partial charge in [-0.25, -0.2) is 9.38 Å². The Kier molecular flexibility index (Phi) is 3.70. The van der Waals surface area contributed by atoms with E-state index in [1.165, 1.54) is 12.1 Å². The van der Waals surface area contributed by atoms with Gasteiger partial charge in [0.25, 0.3) is 6.02 Å². The van der Waals surface area contributed by atoms with E-state index in [1.807, 2.05) is 26.0 Å². The van der Waals surface area contributed by atoms with E-state index >= 15 is 4.39 Å². The monoisotopic (exact) mass is 396 g/mol. The highest BCUT2D eigenvalue weighted by Gasteiger charge is 2.48. The average molecular weight is 396 g/mol. The molecule has 3 heterocycles. The molecule has 2 aromatic carbocycles. The van der Waals surface area contributed by atoms with Crippen LogP contribution >= 0.6 is 0 Å². The molecule has 0 amide bonds. The number of hydrogen-bond acceptors (Lipinski definition) is 6. The minimum Gasteiger partial charge on any atom is -0.508 e. The number of phenols is 1. The summed E-state index contributed by atoms with van der Waals surface area (Å²) in [4.78, 5) is 4.53. The number of nitrogens with zero attached hydrogens (tertiary/aromatic N) is 1. The molecule has 5 rings (SSSR count). The van der Waals surface area contributed by atoms with Crippen molar-refractivity contribution in [1.29, 1.82) is 0 Å². The van der Waals surface area contributed by atoms with Gasteiger partial charge in [0, 0.05) is 17.5 Å². The summed E-state index contributed by atoms with van der Waals surface area (Å²) in [6.07, 6.45) is 2.61. The molecule has 3 aliphatic heterocycles. The predicted molar refractivity (Wildman–Crippen MR) is 106 cm³/mol. The Hall–Kier alpha value is -3.06. The van der Waals surface area contributed by atoms with Crippen molar-refractivity contribution in [2.75, 3.05) is 13.2 Å². The lowest BCUT2D eigenvalue weighted by Gasteiger charge is -2.35. The average Bonchev–Trinajstić information content (AvgIpc) is 3.05. The third-order valence-corrected chi connectivity index (χ3v) is 5.63. The van der Waals surface area contributed by atoms with E-state index < -0.39 is 11.4 Å². The highest BCUT2D eigenvalue weighted by atomic mass is 19.1. The topological polar surface area (TPSA) is 86.3 Å². The van der Waals surface area contributed by atoms with Crippen molar-refractivity contribution in [3.8, 4) is 17.2 Å². The first kappa shape index (κ1) is 18.0. The molecule has 0 aliphatic carbocycles. The van der Waals surface area contributed by atoms with Crippen molar-refractivity contribution < 1.29 is 23.7 Å². The molecule has 2 aromatic rings. The number of aliphatic imine (C=N–C) groups is 1. The van der Waals surface area contributed by atoms with E-state index in [1.54, 1.807) is 12.1 Å². The van der Waals surface area contributed by atoms with E-state index in [9.17, 15) is 5.11 Å². The molecule has 0 unspecified atom stereocenters. The van der Waals surface area contributed by atoms with Crippen LogP contribution in [0.4, 0.5) is 4.39 Å². The van der Waals surface area contributed by atoms with Crippen molar-refractivity contribution in [2.45, 2.75) is 31.4 Å². The zero-order chi connectivity index (χ0) is 20.4. The normalized spacial score (nSPS) is 24.1. The maximum Gasteiger partial charge on any atom is 0.283 e. The molecule has 0 aromatic heterocycles. The first-order valence-corrected chi connectivity index (χ1v) is 9.44. The van der Waals surface area contributed by atoms with Crippen LogP contribution in [0.3, 0.4) is 0 Å². The van der Waals surface area contributed by atoms with Gasteiger partial charge in [-0.15, -0.1) is 0 Å². The summed E-state index contributed by atoms with van der Waals surface area (Å²) in [6, 6.07) is 8.02. The van der Waals surface area contributed by atoms with Crippen molar-refractivity contribution in [3.63, 3.8) is 0 Å². The molecule has 0 saturated heterocycles. The lowest BCUT2D eigenvalue weighted by Crippen LogP contribution is -2.32. The Labute approximate surface area is 167 Å². The molecule has 0 bridgehead atoms. The Morgan fingerprint density at radius 1 is 1.17 bits per heavy atom. The highest BCUT2D eigenvalue weighted by Crippen LogP contribution is 2.53. The largest absolute Gasteiger partial charge is 0.508 e. The van der Waals surface area contributed by atoms with Gasteiger partial charge < -0.3 is 25.1 Å². The number of fused-ring (bicyclic) bond motifs is 4. The smallest absolute Gasteiger partial charge is 0.283 e. The van der Waals surface area contributed by atoms with Gasteiger partial charge in [0.2, 0.25) is 0 Å². The van der Waals surface area contributed by atoms with Crippen molar-refractivity contribution in [1.82, 2.24) is 0 Å². The molecule has 7 heteroatoms. The molecule has 0 saturated carbocycles. The minimum absolute atomic E-state index is 0.0179. The number of benzene rings is 2. The van der Waals surface area contributed by atoms with Crippen LogP contribution < -0.4 is 10.5 Å². The number of ether oxygens (including phenoxy) is 3. The summed E-state index contributed by atoms with van der Waals surface area (Å²) in [6.45, 7) is 4.58. The third-order valence-electron chi connectivity index (χ3n) is 5.63. The van der Waals surface area contributed by atoms with Gasteiger partial charge >= 0.3 is 0 Å². The maximum atomic E-state index is 15.2. The van der Waals surface area contributed by atoms with Crippen LogP contribution in [0.15, 0.2) is 41.4 Å². The van der Waals surface area contributed by atoms with Crippen LogP contribution in [0.5, 0.6) is 17.2 Å². The summed E-state index contributed by atoms with van der Waals surface area (Å²) in [5, 5.41) is 10.0. The highest BCUT2D eigenvalue weighted by molar-refractivity contribution is 5.78. The van der Waals surface area contributed by atoms with Gasteiger partial charge in [-0.2, -0.15) is 0 Å². The molecule has 6 nitrogen and oxygen atoms in total. The van der Waals surface area contributed by atoms with E-state index in [4.69, 9.17) is 19.9 Å². The summed E-state index contributed by atoms with van der Waals surface area (Å²) < 4.78 is 32.3. The van der Waals surface area contributed by atoms with Crippen LogP contribution in [0.1, 0.15) is 37.0 Å². The fourth-order valence-corrected chi connectivity index (χ4v) is 4.25. The fourth-order valence-electron chi connectivity index (χ4n) is 4.25. The Balaban J connectivity index is 1.72. The Morgan fingerprint density at radius 3 is 2.72 bits per heavy atom. The summed E-state index contributed by atoms with van der Waals surface area (Å²) in [7, 11) is 0. The number of halogens is 1. The predicted octanol–water partition coefficient (Wildman–Crippen LogP) is 3.81. The number of amidine groups is 1. The molecule has 150 valence electrons.